The Morgan fingerprint density at radius 2 is 2.06 bits per heavy atom. The Kier molecular flexibility index (Phi) is 8.40. The number of likely N-dealkylation sites (tertiary alicyclic amines) is 1. The molecule has 0 radical (unpaired) electrons. The molecule has 1 aliphatic rings. The number of rotatable bonds is 8. The fraction of sp³-hybridized carbons (Fsp3) is 0.333. The number of ether oxygens (including phenoxy) is 1. The molecule has 0 spiro atoms. The van der Waals surface area contributed by atoms with Gasteiger partial charge in [-0.25, -0.2) is 0 Å². The van der Waals surface area contributed by atoms with Gasteiger partial charge < -0.3 is 10.1 Å². The normalized spacial score (nSPS) is 19.7. The van der Waals surface area contributed by atoms with Gasteiger partial charge in [0.05, 0.1) is 0 Å². The molecular weight excluding hydrogens is 398 g/mol. The van der Waals surface area contributed by atoms with E-state index < -0.39 is 0 Å². The van der Waals surface area contributed by atoms with E-state index in [4.69, 9.17) is 4.74 Å². The second kappa shape index (κ2) is 11.4. The van der Waals surface area contributed by atoms with E-state index in [1.54, 1.807) is 6.07 Å². The molecule has 2 heterocycles. The predicted octanol–water partition coefficient (Wildman–Crippen LogP) is 5.42. The minimum atomic E-state index is -0.180. The van der Waals surface area contributed by atoms with E-state index in [2.05, 4.69) is 46.9 Å². The lowest BCUT2D eigenvalue weighted by Crippen LogP contribution is -2.45. The van der Waals surface area contributed by atoms with E-state index in [0.717, 1.165) is 31.6 Å². The number of amides is 1. The van der Waals surface area contributed by atoms with Crippen molar-refractivity contribution in [3.8, 4) is 5.88 Å². The molecule has 1 fully saturated rings. The number of hydrogen-bond acceptors (Lipinski definition) is 4. The van der Waals surface area contributed by atoms with Crippen LogP contribution in [-0.2, 0) is 0 Å². The summed E-state index contributed by atoms with van der Waals surface area (Å²) in [5, 5.41) is 2.86. The molecule has 32 heavy (non-hydrogen) atoms. The third-order valence-corrected chi connectivity index (χ3v) is 5.58. The van der Waals surface area contributed by atoms with Crippen molar-refractivity contribution >= 4 is 11.7 Å². The first-order chi connectivity index (χ1) is 15.5. The van der Waals surface area contributed by atoms with Crippen molar-refractivity contribution in [2.24, 2.45) is 5.92 Å². The molecule has 5 heteroatoms. The maximum atomic E-state index is 12.5. The van der Waals surface area contributed by atoms with Gasteiger partial charge in [0.25, 0.3) is 5.91 Å². The minimum absolute atomic E-state index is 0.0929. The van der Waals surface area contributed by atoms with Crippen LogP contribution in [0.15, 0.2) is 78.9 Å². The van der Waals surface area contributed by atoms with Gasteiger partial charge in [-0.15, -0.1) is 0 Å². The first-order valence-electron chi connectivity index (χ1n) is 11.2. The van der Waals surface area contributed by atoms with Crippen molar-refractivity contribution in [1.82, 2.24) is 9.88 Å². The number of benzene rings is 1. The van der Waals surface area contributed by atoms with Crippen molar-refractivity contribution in [2.75, 3.05) is 25.0 Å². The van der Waals surface area contributed by atoms with Crippen LogP contribution in [0.1, 0.15) is 36.2 Å². The quantitative estimate of drug-likeness (QED) is 0.567. The van der Waals surface area contributed by atoms with Crippen molar-refractivity contribution in [3.05, 3.63) is 90.0 Å². The summed E-state index contributed by atoms with van der Waals surface area (Å²) in [6, 6.07) is 12.9. The summed E-state index contributed by atoms with van der Waals surface area (Å²) in [4.78, 5) is 19.4. The standard InChI is InChI=1S/C27H33N3O2/c1-5-8-22(9-6-2)19-30-17-16-24(21(4)18-30)32-26-11-7-10-25(28-26)29-27(31)23-14-12-20(3)13-15-23/h5-15,21,24H,1,16-19H2,2-4H3,(H,28,29,31)/b9-6-,22-8+/t21-,24?/m1/s1. The summed E-state index contributed by atoms with van der Waals surface area (Å²) in [6.45, 7) is 12.9. The fourth-order valence-corrected chi connectivity index (χ4v) is 3.91. The van der Waals surface area contributed by atoms with Gasteiger partial charge in [-0.2, -0.15) is 4.98 Å². The van der Waals surface area contributed by atoms with Crippen molar-refractivity contribution in [1.29, 1.82) is 0 Å². The molecule has 0 bridgehead atoms. The van der Waals surface area contributed by atoms with Gasteiger partial charge in [0.15, 0.2) is 0 Å². The van der Waals surface area contributed by atoms with Crippen LogP contribution in [0.3, 0.4) is 0 Å². The molecule has 1 amide bonds. The molecule has 0 aliphatic carbocycles. The molecule has 1 aromatic heterocycles. The minimum Gasteiger partial charge on any atom is -0.474 e. The lowest BCUT2D eigenvalue weighted by atomic mass is 9.96. The Morgan fingerprint density at radius 3 is 2.75 bits per heavy atom. The van der Waals surface area contributed by atoms with Crippen LogP contribution in [0.25, 0.3) is 0 Å². The van der Waals surface area contributed by atoms with Crippen LogP contribution in [0.5, 0.6) is 5.88 Å². The van der Waals surface area contributed by atoms with Crippen molar-refractivity contribution < 1.29 is 9.53 Å². The second-order valence-electron chi connectivity index (χ2n) is 8.32. The van der Waals surface area contributed by atoms with E-state index in [1.165, 1.54) is 5.57 Å². The Hall–Kier alpha value is -3.18. The van der Waals surface area contributed by atoms with Crippen LogP contribution in [0.4, 0.5) is 5.82 Å². The summed E-state index contributed by atoms with van der Waals surface area (Å²) >= 11 is 0. The topological polar surface area (TPSA) is 54.5 Å². The zero-order valence-corrected chi connectivity index (χ0v) is 19.3. The molecule has 1 N–H and O–H groups in total. The van der Waals surface area contributed by atoms with E-state index in [1.807, 2.05) is 56.3 Å². The summed E-state index contributed by atoms with van der Waals surface area (Å²) in [5.41, 5.74) is 2.98. The first-order valence-corrected chi connectivity index (χ1v) is 11.2. The molecule has 2 aromatic rings. The maximum Gasteiger partial charge on any atom is 0.256 e. The third kappa shape index (κ3) is 6.66. The highest BCUT2D eigenvalue weighted by Gasteiger charge is 2.28. The van der Waals surface area contributed by atoms with Gasteiger partial charge in [-0.1, -0.05) is 61.6 Å². The Bertz CT molecular complexity index is 979. The van der Waals surface area contributed by atoms with E-state index >= 15 is 0 Å². The molecule has 5 nitrogen and oxygen atoms in total. The number of pyridine rings is 1. The number of aryl methyl sites for hydroxylation is 1. The van der Waals surface area contributed by atoms with Gasteiger partial charge in [-0.05, 0) is 44.0 Å². The van der Waals surface area contributed by atoms with Crippen LogP contribution in [0, 0.1) is 12.8 Å². The number of nitrogens with zero attached hydrogens (tertiary/aromatic N) is 2. The van der Waals surface area contributed by atoms with Crippen molar-refractivity contribution in [2.45, 2.75) is 33.3 Å². The Labute approximate surface area is 191 Å². The summed E-state index contributed by atoms with van der Waals surface area (Å²) in [5.74, 6) is 1.22. The van der Waals surface area contributed by atoms with Crippen molar-refractivity contribution in [3.63, 3.8) is 0 Å². The maximum absolute atomic E-state index is 12.5. The number of nitrogens with one attached hydrogen (secondary N) is 1. The zero-order chi connectivity index (χ0) is 22.9. The smallest absolute Gasteiger partial charge is 0.256 e. The number of carbonyl (C=O) groups is 1. The summed E-state index contributed by atoms with van der Waals surface area (Å²) in [7, 11) is 0. The lowest BCUT2D eigenvalue weighted by molar-refractivity contribution is 0.0538. The average Bonchev–Trinajstić information content (AvgIpc) is 2.77. The van der Waals surface area contributed by atoms with Gasteiger partial charge in [-0.3, -0.25) is 9.69 Å². The number of carbonyl (C=O) groups excluding carboxylic acids is 1. The van der Waals surface area contributed by atoms with Crippen LogP contribution < -0.4 is 10.1 Å². The third-order valence-electron chi connectivity index (χ3n) is 5.58. The monoisotopic (exact) mass is 431 g/mol. The van der Waals surface area contributed by atoms with Gasteiger partial charge in [0.2, 0.25) is 5.88 Å². The Balaban J connectivity index is 1.57. The summed E-state index contributed by atoms with van der Waals surface area (Å²) < 4.78 is 6.23. The molecule has 1 aromatic carbocycles. The van der Waals surface area contributed by atoms with Crippen LogP contribution >= 0.6 is 0 Å². The fourth-order valence-electron chi connectivity index (χ4n) is 3.91. The highest BCUT2D eigenvalue weighted by atomic mass is 16.5. The van der Waals surface area contributed by atoms with Gasteiger partial charge in [0, 0.05) is 37.2 Å². The van der Waals surface area contributed by atoms with Gasteiger partial charge in [0.1, 0.15) is 11.9 Å². The molecular formula is C27H33N3O2. The number of anilines is 1. The Morgan fingerprint density at radius 1 is 1.28 bits per heavy atom. The lowest BCUT2D eigenvalue weighted by Gasteiger charge is -2.36. The first kappa shape index (κ1) is 23.5. The molecule has 2 atom stereocenters. The molecule has 1 saturated heterocycles. The molecule has 1 unspecified atom stereocenters. The van der Waals surface area contributed by atoms with E-state index in [-0.39, 0.29) is 12.0 Å². The highest BCUT2D eigenvalue weighted by molar-refractivity contribution is 6.03. The number of allylic oxidation sites excluding steroid dienone is 3. The van der Waals surface area contributed by atoms with E-state index in [0.29, 0.717) is 23.2 Å². The number of piperidine rings is 1. The SMILES string of the molecule is C=C/C=C(\C=C/C)CN1CCC(Oc2cccc(NC(=O)c3ccc(C)cc3)n2)[C@H](C)C1. The largest absolute Gasteiger partial charge is 0.474 e. The van der Waals surface area contributed by atoms with Gasteiger partial charge >= 0.3 is 0 Å². The predicted molar refractivity (Wildman–Crippen MR) is 131 cm³/mol. The molecule has 3 rings (SSSR count). The number of hydrogen-bond donors (Lipinski definition) is 1. The average molecular weight is 432 g/mol. The summed E-state index contributed by atoms with van der Waals surface area (Å²) in [6.07, 6.45) is 9.12. The number of aromatic nitrogens is 1. The van der Waals surface area contributed by atoms with E-state index in [9.17, 15) is 4.79 Å². The molecule has 168 valence electrons. The molecule has 0 saturated carbocycles. The zero-order valence-electron chi connectivity index (χ0n) is 19.3. The molecule has 1 aliphatic heterocycles. The highest BCUT2D eigenvalue weighted by Crippen LogP contribution is 2.24. The van der Waals surface area contributed by atoms with Crippen LogP contribution in [0.2, 0.25) is 0 Å². The van der Waals surface area contributed by atoms with Crippen LogP contribution in [-0.4, -0.2) is 41.5 Å². The second-order valence-corrected chi connectivity index (χ2v) is 8.32.